The van der Waals surface area contributed by atoms with Crippen molar-refractivity contribution >= 4 is 5.78 Å². The molecule has 0 spiro atoms. The van der Waals surface area contributed by atoms with Gasteiger partial charge in [0.1, 0.15) is 0 Å². The Morgan fingerprint density at radius 2 is 1.73 bits per heavy atom. The molecule has 30 heavy (non-hydrogen) atoms. The van der Waals surface area contributed by atoms with Crippen LogP contribution in [0.4, 0.5) is 0 Å². The van der Waals surface area contributed by atoms with Crippen LogP contribution in [0.15, 0.2) is 34.9 Å². The molecule has 5 aliphatic carbocycles. The van der Waals surface area contributed by atoms with E-state index < -0.39 is 0 Å². The van der Waals surface area contributed by atoms with Crippen LogP contribution in [-0.2, 0) is 4.79 Å². The van der Waals surface area contributed by atoms with Crippen LogP contribution in [0.5, 0.6) is 0 Å². The number of allylic oxidation sites excluding steroid dienone is 4. The Bertz CT molecular complexity index is 864. The zero-order valence-corrected chi connectivity index (χ0v) is 20.0. The van der Waals surface area contributed by atoms with E-state index in [0.29, 0.717) is 5.41 Å². The maximum Gasteiger partial charge on any atom is 0.173 e. The summed E-state index contributed by atoms with van der Waals surface area (Å²) < 4.78 is 0. The molecule has 1 N–H and O–H groups in total. The van der Waals surface area contributed by atoms with Crippen LogP contribution in [0.25, 0.3) is 0 Å². The summed E-state index contributed by atoms with van der Waals surface area (Å²) in [6.45, 7) is 12.3. The van der Waals surface area contributed by atoms with Gasteiger partial charge >= 0.3 is 0 Å². The van der Waals surface area contributed by atoms with Gasteiger partial charge in [-0.1, -0.05) is 58.8 Å². The van der Waals surface area contributed by atoms with Gasteiger partial charge in [0.15, 0.2) is 5.78 Å². The normalized spacial score (nSPS) is 50.3. The number of nitrogens with one attached hydrogen (secondary N) is 1. The zero-order valence-electron chi connectivity index (χ0n) is 20.0. The third-order valence-electron chi connectivity index (χ3n) is 10.7. The van der Waals surface area contributed by atoms with Gasteiger partial charge in [0.2, 0.25) is 0 Å². The highest BCUT2D eigenvalue weighted by molar-refractivity contribution is 5.98. The molecule has 0 aromatic heterocycles. The van der Waals surface area contributed by atoms with E-state index in [1.807, 2.05) is 13.1 Å². The van der Waals surface area contributed by atoms with Crippen LogP contribution in [0.2, 0.25) is 0 Å². The Morgan fingerprint density at radius 3 is 2.47 bits per heavy atom. The summed E-state index contributed by atoms with van der Waals surface area (Å²) >= 11 is 0. The number of hydrogen-bond donors (Lipinski definition) is 1. The molecule has 2 heteroatoms. The molecule has 5 rings (SSSR count). The summed E-state index contributed by atoms with van der Waals surface area (Å²) in [5.41, 5.74) is 5.25. The second-order valence-electron chi connectivity index (χ2n) is 12.3. The first-order valence-electron chi connectivity index (χ1n) is 12.5. The fourth-order valence-electron chi connectivity index (χ4n) is 8.72. The van der Waals surface area contributed by atoms with E-state index in [1.54, 1.807) is 5.57 Å². The lowest BCUT2D eigenvalue weighted by Gasteiger charge is -2.64. The Labute approximate surface area is 183 Å². The molecule has 8 atom stereocenters. The second-order valence-corrected chi connectivity index (χ2v) is 12.3. The van der Waals surface area contributed by atoms with E-state index >= 15 is 0 Å². The summed E-state index contributed by atoms with van der Waals surface area (Å²) in [7, 11) is 1.92. The molecule has 2 nitrogen and oxygen atoms in total. The van der Waals surface area contributed by atoms with Crippen molar-refractivity contribution in [3.63, 3.8) is 0 Å². The van der Waals surface area contributed by atoms with E-state index in [2.05, 4.69) is 52.1 Å². The van der Waals surface area contributed by atoms with E-state index in [4.69, 9.17) is 0 Å². The zero-order chi connectivity index (χ0) is 21.5. The fourth-order valence-corrected chi connectivity index (χ4v) is 8.72. The van der Waals surface area contributed by atoms with Crippen molar-refractivity contribution < 1.29 is 4.79 Å². The Kier molecular flexibility index (Phi) is 4.61. The van der Waals surface area contributed by atoms with Crippen LogP contribution in [0.3, 0.4) is 0 Å². The summed E-state index contributed by atoms with van der Waals surface area (Å²) in [4.78, 5) is 13.0. The minimum atomic E-state index is -0.0791. The van der Waals surface area contributed by atoms with E-state index in [0.717, 1.165) is 17.8 Å². The van der Waals surface area contributed by atoms with Gasteiger partial charge in [-0.25, -0.2) is 0 Å². The van der Waals surface area contributed by atoms with Crippen molar-refractivity contribution in [3.8, 4) is 0 Å². The second kappa shape index (κ2) is 6.67. The number of likely N-dealkylation sites (N-methyl/N-ethyl adjacent to an activating group) is 1. The lowest BCUT2D eigenvalue weighted by Crippen LogP contribution is -2.55. The molecule has 0 bridgehead atoms. The monoisotopic (exact) mass is 407 g/mol. The van der Waals surface area contributed by atoms with Crippen molar-refractivity contribution in [2.24, 2.45) is 39.9 Å². The quantitative estimate of drug-likeness (QED) is 0.557. The number of carbonyl (C=O) groups excluding carboxylic acids is 1. The molecule has 0 saturated heterocycles. The maximum absolute atomic E-state index is 13.0. The standard InChI is InChI=1S/C28H41NO/c1-17-9-11-26(3)13-14-28(5)20(22(26)15-17)10-12-27(4)21-16-23(30)25(29-6)18(2)19(21)7-8-24(27)28/h7-8,16-18,20,22,25,29H,9-15H2,1-6H3. The Hall–Kier alpha value is -1.15. The van der Waals surface area contributed by atoms with Crippen LogP contribution >= 0.6 is 0 Å². The van der Waals surface area contributed by atoms with Gasteiger partial charge in [-0.15, -0.1) is 0 Å². The number of hydrogen-bond acceptors (Lipinski definition) is 2. The van der Waals surface area contributed by atoms with Crippen LogP contribution in [0, 0.1) is 39.9 Å². The molecule has 0 aliphatic heterocycles. The van der Waals surface area contributed by atoms with E-state index in [1.165, 1.54) is 56.1 Å². The molecule has 164 valence electrons. The van der Waals surface area contributed by atoms with Crippen molar-refractivity contribution in [2.75, 3.05) is 7.05 Å². The Morgan fingerprint density at radius 1 is 0.967 bits per heavy atom. The van der Waals surface area contributed by atoms with Gasteiger partial charge < -0.3 is 5.32 Å². The first-order chi connectivity index (χ1) is 14.1. The lowest BCUT2D eigenvalue weighted by molar-refractivity contribution is -0.117. The summed E-state index contributed by atoms with van der Waals surface area (Å²) in [6, 6.07) is -0.0791. The summed E-state index contributed by atoms with van der Waals surface area (Å²) in [5.74, 6) is 3.06. The van der Waals surface area contributed by atoms with Crippen LogP contribution in [0.1, 0.15) is 79.6 Å². The smallest absolute Gasteiger partial charge is 0.173 e. The van der Waals surface area contributed by atoms with Gasteiger partial charge in [0.05, 0.1) is 6.04 Å². The molecule has 0 radical (unpaired) electrons. The first-order valence-corrected chi connectivity index (χ1v) is 12.5. The number of rotatable bonds is 1. The predicted molar refractivity (Wildman–Crippen MR) is 124 cm³/mol. The number of carbonyl (C=O) groups is 1. The average Bonchev–Trinajstić information content (AvgIpc) is 2.70. The van der Waals surface area contributed by atoms with Gasteiger partial charge in [0, 0.05) is 11.3 Å². The SMILES string of the molecule is CNC1C(=O)C=C2C(=CC=C3C2(C)CCC2C4CC(C)CCC4(C)CCC32C)C1C. The molecule has 3 saturated carbocycles. The molecular weight excluding hydrogens is 366 g/mol. The third-order valence-corrected chi connectivity index (χ3v) is 10.7. The largest absolute Gasteiger partial charge is 0.310 e. The summed E-state index contributed by atoms with van der Waals surface area (Å²) in [5, 5.41) is 3.26. The molecule has 8 unspecified atom stereocenters. The minimum absolute atomic E-state index is 0.0337. The highest BCUT2D eigenvalue weighted by atomic mass is 16.1. The van der Waals surface area contributed by atoms with Crippen molar-refractivity contribution in [2.45, 2.75) is 85.6 Å². The minimum Gasteiger partial charge on any atom is -0.310 e. The highest BCUT2D eigenvalue weighted by Gasteiger charge is 2.60. The van der Waals surface area contributed by atoms with E-state index in [-0.39, 0.29) is 28.6 Å². The molecule has 0 amide bonds. The molecule has 5 aliphatic rings. The topological polar surface area (TPSA) is 29.1 Å². The molecule has 0 aromatic rings. The molecule has 0 heterocycles. The lowest BCUT2D eigenvalue weighted by atomic mass is 9.40. The first kappa shape index (κ1) is 20.7. The van der Waals surface area contributed by atoms with E-state index in [9.17, 15) is 4.79 Å². The summed E-state index contributed by atoms with van der Waals surface area (Å²) in [6.07, 6.45) is 16.4. The molecular formula is C28H41NO. The highest BCUT2D eigenvalue weighted by Crippen LogP contribution is 2.69. The maximum atomic E-state index is 13.0. The molecule has 3 fully saturated rings. The van der Waals surface area contributed by atoms with Crippen molar-refractivity contribution in [1.82, 2.24) is 5.32 Å². The average molecular weight is 408 g/mol. The van der Waals surface area contributed by atoms with Gasteiger partial charge in [-0.05, 0) is 91.4 Å². The third kappa shape index (κ3) is 2.61. The van der Waals surface area contributed by atoms with Crippen LogP contribution < -0.4 is 5.32 Å². The number of ketones is 1. The van der Waals surface area contributed by atoms with Crippen molar-refractivity contribution in [1.29, 1.82) is 0 Å². The molecule has 0 aromatic carbocycles. The fraction of sp³-hybridized carbons (Fsp3) is 0.750. The Balaban J connectivity index is 1.58. The van der Waals surface area contributed by atoms with Crippen molar-refractivity contribution in [3.05, 3.63) is 34.9 Å². The van der Waals surface area contributed by atoms with Gasteiger partial charge in [-0.3, -0.25) is 4.79 Å². The van der Waals surface area contributed by atoms with Gasteiger partial charge in [0.25, 0.3) is 0 Å². The number of fused-ring (bicyclic) bond motifs is 7. The van der Waals surface area contributed by atoms with Crippen LogP contribution in [-0.4, -0.2) is 18.9 Å². The van der Waals surface area contributed by atoms with Gasteiger partial charge in [-0.2, -0.15) is 0 Å². The predicted octanol–water partition coefficient (Wildman–Crippen LogP) is 6.24.